The molecule has 0 N–H and O–H groups in total. The van der Waals surface area contributed by atoms with Crippen molar-refractivity contribution in [1.82, 2.24) is 4.90 Å². The SMILES string of the molecule is CC(C)(C)OC(=O)N1C(COc2cccc([N+](=O)[O-])c2)COC1(C)C. The Bertz CT molecular complexity index is 653. The summed E-state index contributed by atoms with van der Waals surface area (Å²) in [4.78, 5) is 24.4. The molecular formula is C17H24N2O6. The molecule has 0 radical (unpaired) electrons. The quantitative estimate of drug-likeness (QED) is 0.609. The van der Waals surface area contributed by atoms with Crippen LogP contribution in [0.15, 0.2) is 24.3 Å². The fourth-order valence-electron chi connectivity index (χ4n) is 2.57. The number of nitrogens with zero attached hydrogens (tertiary/aromatic N) is 2. The van der Waals surface area contributed by atoms with E-state index in [0.717, 1.165) is 0 Å². The van der Waals surface area contributed by atoms with Crippen molar-refractivity contribution in [3.8, 4) is 5.75 Å². The Hall–Kier alpha value is -2.35. The highest BCUT2D eigenvalue weighted by molar-refractivity contribution is 5.69. The van der Waals surface area contributed by atoms with Crippen LogP contribution in [0.1, 0.15) is 34.6 Å². The molecule has 1 fully saturated rings. The van der Waals surface area contributed by atoms with Gasteiger partial charge in [0.1, 0.15) is 23.7 Å². The van der Waals surface area contributed by atoms with Crippen molar-refractivity contribution < 1.29 is 23.9 Å². The summed E-state index contributed by atoms with van der Waals surface area (Å²) in [6.07, 6.45) is -0.484. The lowest BCUT2D eigenvalue weighted by Crippen LogP contribution is -2.51. The minimum atomic E-state index is -0.820. The smallest absolute Gasteiger partial charge is 0.413 e. The monoisotopic (exact) mass is 352 g/mol. The van der Waals surface area contributed by atoms with Gasteiger partial charge in [-0.15, -0.1) is 0 Å². The molecule has 0 saturated carbocycles. The fourth-order valence-corrected chi connectivity index (χ4v) is 2.57. The van der Waals surface area contributed by atoms with Crippen molar-refractivity contribution in [2.75, 3.05) is 13.2 Å². The molecule has 1 aliphatic rings. The molecule has 1 saturated heterocycles. The van der Waals surface area contributed by atoms with Crippen LogP contribution < -0.4 is 4.74 Å². The largest absolute Gasteiger partial charge is 0.491 e. The minimum Gasteiger partial charge on any atom is -0.491 e. The van der Waals surface area contributed by atoms with Crippen molar-refractivity contribution in [1.29, 1.82) is 0 Å². The van der Waals surface area contributed by atoms with Gasteiger partial charge in [-0.05, 0) is 40.7 Å². The summed E-state index contributed by atoms with van der Waals surface area (Å²) in [6.45, 7) is 9.38. The normalized spacial score (nSPS) is 19.6. The Morgan fingerprint density at radius 3 is 2.72 bits per heavy atom. The molecule has 8 nitrogen and oxygen atoms in total. The Morgan fingerprint density at radius 1 is 1.44 bits per heavy atom. The van der Waals surface area contributed by atoms with Crippen molar-refractivity contribution >= 4 is 11.8 Å². The predicted octanol–water partition coefficient (Wildman–Crippen LogP) is 3.35. The summed E-state index contributed by atoms with van der Waals surface area (Å²) >= 11 is 0. The fraction of sp³-hybridized carbons (Fsp3) is 0.588. The lowest BCUT2D eigenvalue weighted by atomic mass is 10.2. The van der Waals surface area contributed by atoms with Crippen molar-refractivity contribution in [3.05, 3.63) is 34.4 Å². The molecule has 1 aliphatic heterocycles. The number of carbonyl (C=O) groups is 1. The van der Waals surface area contributed by atoms with Crippen LogP contribution in [0.5, 0.6) is 5.75 Å². The Kier molecular flexibility index (Phi) is 5.22. The minimum absolute atomic E-state index is 0.0514. The molecule has 1 aromatic rings. The summed E-state index contributed by atoms with van der Waals surface area (Å²) in [5, 5.41) is 10.8. The van der Waals surface area contributed by atoms with Gasteiger partial charge in [0.25, 0.3) is 5.69 Å². The summed E-state index contributed by atoms with van der Waals surface area (Å²) < 4.78 is 16.8. The number of nitro benzene ring substituents is 1. The molecule has 0 spiro atoms. The van der Waals surface area contributed by atoms with Gasteiger partial charge in [-0.3, -0.25) is 15.0 Å². The molecule has 1 heterocycles. The second-order valence-electron chi connectivity index (χ2n) is 7.33. The van der Waals surface area contributed by atoms with E-state index in [-0.39, 0.29) is 18.3 Å². The molecule has 138 valence electrons. The van der Waals surface area contributed by atoms with Crippen molar-refractivity contribution in [3.63, 3.8) is 0 Å². The summed E-state index contributed by atoms with van der Waals surface area (Å²) in [5.41, 5.74) is -1.50. The highest BCUT2D eigenvalue weighted by Gasteiger charge is 2.46. The van der Waals surface area contributed by atoms with E-state index in [1.54, 1.807) is 46.8 Å². The van der Waals surface area contributed by atoms with E-state index in [1.807, 2.05) is 0 Å². The number of rotatable bonds is 4. The van der Waals surface area contributed by atoms with Gasteiger partial charge in [-0.1, -0.05) is 6.07 Å². The van der Waals surface area contributed by atoms with Gasteiger partial charge in [-0.25, -0.2) is 4.79 Å². The Morgan fingerprint density at radius 2 is 2.12 bits per heavy atom. The van der Waals surface area contributed by atoms with Gasteiger partial charge in [0.2, 0.25) is 0 Å². The molecule has 0 bridgehead atoms. The third-order valence-electron chi connectivity index (χ3n) is 3.64. The molecule has 1 unspecified atom stereocenters. The number of hydrogen-bond donors (Lipinski definition) is 0. The van der Waals surface area contributed by atoms with Crippen LogP contribution in [0, 0.1) is 10.1 Å². The molecule has 0 aromatic heterocycles. The molecule has 1 aromatic carbocycles. The molecular weight excluding hydrogens is 328 g/mol. The Labute approximate surface area is 146 Å². The first-order chi connectivity index (χ1) is 11.5. The van der Waals surface area contributed by atoms with Crippen LogP contribution >= 0.6 is 0 Å². The van der Waals surface area contributed by atoms with Gasteiger partial charge in [-0.2, -0.15) is 0 Å². The number of amides is 1. The second kappa shape index (κ2) is 6.87. The van der Waals surface area contributed by atoms with E-state index in [0.29, 0.717) is 12.4 Å². The van der Waals surface area contributed by atoms with Gasteiger partial charge in [0.05, 0.1) is 23.6 Å². The standard InChI is InChI=1S/C17H24N2O6/c1-16(2,3)25-15(20)18-13(11-24-17(18,4)5)10-23-14-8-6-7-12(9-14)19(21)22/h6-9,13H,10-11H2,1-5H3. The first-order valence-corrected chi connectivity index (χ1v) is 8.03. The van der Waals surface area contributed by atoms with Crippen LogP contribution in [-0.2, 0) is 9.47 Å². The van der Waals surface area contributed by atoms with Crippen molar-refractivity contribution in [2.45, 2.75) is 52.0 Å². The zero-order valence-electron chi connectivity index (χ0n) is 15.1. The first-order valence-electron chi connectivity index (χ1n) is 8.03. The molecule has 25 heavy (non-hydrogen) atoms. The lowest BCUT2D eigenvalue weighted by molar-refractivity contribution is -0.384. The lowest BCUT2D eigenvalue weighted by Gasteiger charge is -2.34. The molecule has 2 rings (SSSR count). The summed E-state index contributed by atoms with van der Waals surface area (Å²) in [7, 11) is 0. The second-order valence-corrected chi connectivity index (χ2v) is 7.33. The number of nitro groups is 1. The highest BCUT2D eigenvalue weighted by Crippen LogP contribution is 2.30. The van der Waals surface area contributed by atoms with Gasteiger partial charge in [0.15, 0.2) is 0 Å². The average Bonchev–Trinajstić information content (AvgIpc) is 2.78. The van der Waals surface area contributed by atoms with Crippen LogP contribution in [0.4, 0.5) is 10.5 Å². The average molecular weight is 352 g/mol. The molecule has 0 aliphatic carbocycles. The molecule has 8 heteroatoms. The van der Waals surface area contributed by atoms with Crippen LogP contribution in [0.2, 0.25) is 0 Å². The number of ether oxygens (including phenoxy) is 3. The number of hydrogen-bond acceptors (Lipinski definition) is 6. The molecule has 1 amide bonds. The third kappa shape index (κ3) is 4.82. The zero-order valence-corrected chi connectivity index (χ0v) is 15.1. The van der Waals surface area contributed by atoms with Crippen LogP contribution in [0.3, 0.4) is 0 Å². The third-order valence-corrected chi connectivity index (χ3v) is 3.64. The Balaban J connectivity index is 2.08. The van der Waals surface area contributed by atoms with E-state index < -0.39 is 22.3 Å². The maximum Gasteiger partial charge on any atom is 0.413 e. The number of non-ortho nitro benzene ring substituents is 1. The van der Waals surface area contributed by atoms with E-state index in [1.165, 1.54) is 17.0 Å². The maximum atomic E-state index is 12.5. The van der Waals surface area contributed by atoms with E-state index >= 15 is 0 Å². The summed E-state index contributed by atoms with van der Waals surface area (Å²) in [6, 6.07) is 5.56. The van der Waals surface area contributed by atoms with Crippen molar-refractivity contribution in [2.24, 2.45) is 0 Å². The van der Waals surface area contributed by atoms with Crippen LogP contribution in [0.25, 0.3) is 0 Å². The number of carbonyl (C=O) groups excluding carboxylic acids is 1. The van der Waals surface area contributed by atoms with E-state index in [9.17, 15) is 14.9 Å². The van der Waals surface area contributed by atoms with E-state index in [2.05, 4.69) is 0 Å². The van der Waals surface area contributed by atoms with Gasteiger partial charge in [0, 0.05) is 6.07 Å². The van der Waals surface area contributed by atoms with Gasteiger partial charge < -0.3 is 14.2 Å². The highest BCUT2D eigenvalue weighted by atomic mass is 16.6. The van der Waals surface area contributed by atoms with Gasteiger partial charge >= 0.3 is 6.09 Å². The maximum absolute atomic E-state index is 12.5. The predicted molar refractivity (Wildman–Crippen MR) is 90.5 cm³/mol. The van der Waals surface area contributed by atoms with E-state index in [4.69, 9.17) is 14.2 Å². The topological polar surface area (TPSA) is 91.1 Å². The molecule has 1 atom stereocenters. The summed E-state index contributed by atoms with van der Waals surface area (Å²) in [5.74, 6) is 0.364. The first kappa shape index (κ1) is 19.0. The number of benzene rings is 1. The van der Waals surface area contributed by atoms with Crippen LogP contribution in [-0.4, -0.2) is 46.5 Å². The zero-order chi connectivity index (χ0) is 18.8.